The SMILES string of the molecule is CSCCC(NC(=O)C(N)CCCN=C(N)N)C(=O)NC(CO)C(=O)NC(CCC(=O)O)C(=O)O. The lowest BCUT2D eigenvalue weighted by atomic mass is 10.1. The lowest BCUT2D eigenvalue weighted by Gasteiger charge is -2.24. The summed E-state index contributed by atoms with van der Waals surface area (Å²) in [5.74, 6) is -4.75. The molecular formula is C19H35N7O8S. The van der Waals surface area contributed by atoms with Gasteiger partial charge in [-0.2, -0.15) is 11.8 Å². The molecule has 3 amide bonds. The van der Waals surface area contributed by atoms with Crippen molar-refractivity contribution in [2.45, 2.75) is 56.3 Å². The van der Waals surface area contributed by atoms with Gasteiger partial charge in [0, 0.05) is 13.0 Å². The molecule has 0 aliphatic rings. The van der Waals surface area contributed by atoms with Crippen molar-refractivity contribution in [1.82, 2.24) is 16.0 Å². The van der Waals surface area contributed by atoms with Gasteiger partial charge in [0.2, 0.25) is 17.7 Å². The molecule has 35 heavy (non-hydrogen) atoms. The van der Waals surface area contributed by atoms with Crippen LogP contribution in [0, 0.1) is 0 Å². The van der Waals surface area contributed by atoms with Crippen molar-refractivity contribution >= 4 is 47.4 Å². The highest BCUT2D eigenvalue weighted by Gasteiger charge is 2.30. The third-order valence-corrected chi connectivity index (χ3v) is 5.27. The second-order valence-corrected chi connectivity index (χ2v) is 8.46. The van der Waals surface area contributed by atoms with Crippen molar-refractivity contribution in [3.05, 3.63) is 0 Å². The number of aliphatic hydroxyl groups is 1. The van der Waals surface area contributed by atoms with Crippen molar-refractivity contribution in [2.75, 3.05) is 25.2 Å². The number of guanidine groups is 1. The molecule has 4 atom stereocenters. The molecule has 15 nitrogen and oxygen atoms in total. The fraction of sp³-hybridized carbons (Fsp3) is 0.684. The number of carbonyl (C=O) groups is 5. The summed E-state index contributed by atoms with van der Waals surface area (Å²) >= 11 is 1.41. The summed E-state index contributed by atoms with van der Waals surface area (Å²) in [6.07, 6.45) is 1.74. The van der Waals surface area contributed by atoms with Crippen LogP contribution in [0.1, 0.15) is 32.1 Å². The zero-order valence-corrected chi connectivity index (χ0v) is 20.3. The van der Waals surface area contributed by atoms with Gasteiger partial charge in [-0.1, -0.05) is 0 Å². The highest BCUT2D eigenvalue weighted by atomic mass is 32.2. The number of aliphatic carboxylic acids is 2. The molecule has 12 N–H and O–H groups in total. The zero-order chi connectivity index (χ0) is 27.0. The minimum Gasteiger partial charge on any atom is -0.481 e. The van der Waals surface area contributed by atoms with E-state index < -0.39 is 73.3 Å². The largest absolute Gasteiger partial charge is 0.481 e. The maximum absolute atomic E-state index is 12.7. The quantitative estimate of drug-likeness (QED) is 0.0483. The summed E-state index contributed by atoms with van der Waals surface area (Å²) in [4.78, 5) is 63.3. The summed E-state index contributed by atoms with van der Waals surface area (Å²) in [5.41, 5.74) is 16.3. The summed E-state index contributed by atoms with van der Waals surface area (Å²) in [6.45, 7) is -0.590. The smallest absolute Gasteiger partial charge is 0.326 e. The van der Waals surface area contributed by atoms with E-state index in [1.807, 2.05) is 0 Å². The van der Waals surface area contributed by atoms with Crippen LogP contribution in [-0.4, -0.2) is 100 Å². The number of carboxylic acid groups (broad SMARTS) is 2. The Kier molecular flexibility index (Phi) is 15.8. The van der Waals surface area contributed by atoms with E-state index in [2.05, 4.69) is 20.9 Å². The molecule has 200 valence electrons. The molecule has 0 aromatic rings. The Bertz CT molecular complexity index is 763. The van der Waals surface area contributed by atoms with Crippen LogP contribution in [0.3, 0.4) is 0 Å². The molecule has 0 saturated carbocycles. The Labute approximate surface area is 206 Å². The molecule has 0 bridgehead atoms. The molecule has 0 fully saturated rings. The molecule has 0 rings (SSSR count). The van der Waals surface area contributed by atoms with Gasteiger partial charge < -0.3 is 48.5 Å². The fourth-order valence-corrected chi connectivity index (χ4v) is 3.17. The van der Waals surface area contributed by atoms with Gasteiger partial charge in [-0.25, -0.2) is 4.79 Å². The van der Waals surface area contributed by atoms with Gasteiger partial charge in [0.25, 0.3) is 0 Å². The minimum absolute atomic E-state index is 0.0872. The number of carboxylic acids is 2. The van der Waals surface area contributed by atoms with Crippen LogP contribution in [0.4, 0.5) is 0 Å². The maximum Gasteiger partial charge on any atom is 0.326 e. The number of nitrogens with one attached hydrogen (secondary N) is 3. The van der Waals surface area contributed by atoms with Crippen LogP contribution in [0.2, 0.25) is 0 Å². The van der Waals surface area contributed by atoms with Crippen LogP contribution in [-0.2, 0) is 24.0 Å². The van der Waals surface area contributed by atoms with Crippen molar-refractivity contribution in [3.63, 3.8) is 0 Å². The number of rotatable bonds is 18. The number of hydrogen-bond acceptors (Lipinski definition) is 9. The number of hydrogen-bond donors (Lipinski definition) is 9. The summed E-state index contributed by atoms with van der Waals surface area (Å²) in [7, 11) is 0. The molecule has 0 radical (unpaired) electrons. The molecule has 16 heteroatoms. The van der Waals surface area contributed by atoms with Crippen LogP contribution in [0.15, 0.2) is 4.99 Å². The normalized spacial score (nSPS) is 14.0. The number of amides is 3. The first kappa shape index (κ1) is 31.9. The highest BCUT2D eigenvalue weighted by molar-refractivity contribution is 7.98. The van der Waals surface area contributed by atoms with Crippen LogP contribution < -0.4 is 33.2 Å². The van der Waals surface area contributed by atoms with Crippen LogP contribution in [0.25, 0.3) is 0 Å². The van der Waals surface area contributed by atoms with Crippen molar-refractivity contribution < 1.29 is 39.3 Å². The molecule has 0 aromatic carbocycles. The average molecular weight is 522 g/mol. The second-order valence-electron chi connectivity index (χ2n) is 7.47. The average Bonchev–Trinajstić information content (AvgIpc) is 2.79. The molecule has 0 aliphatic carbocycles. The Balaban J connectivity index is 5.13. The van der Waals surface area contributed by atoms with E-state index >= 15 is 0 Å². The predicted molar refractivity (Wildman–Crippen MR) is 128 cm³/mol. The van der Waals surface area contributed by atoms with Gasteiger partial charge in [-0.15, -0.1) is 0 Å². The lowest BCUT2D eigenvalue weighted by molar-refractivity contribution is -0.143. The van der Waals surface area contributed by atoms with E-state index in [0.717, 1.165) is 0 Å². The van der Waals surface area contributed by atoms with Gasteiger partial charge in [0.15, 0.2) is 5.96 Å². The number of nitrogens with zero attached hydrogens (tertiary/aromatic N) is 1. The topological polar surface area (TPSA) is 273 Å². The standard InChI is InChI=1S/C19H35N7O8S/c1-35-8-6-11(24-15(30)10(20)3-2-7-23-19(21)22)16(31)26-13(9-27)17(32)25-12(18(33)34)4-5-14(28)29/h10-13,27H,2-9,20H2,1H3,(H,24,30)(H,25,32)(H,26,31)(H,28,29)(H,33,34)(H4,21,22,23). The van der Waals surface area contributed by atoms with E-state index in [1.54, 1.807) is 6.26 Å². The molecule has 4 unspecified atom stereocenters. The number of aliphatic hydroxyl groups excluding tert-OH is 1. The fourth-order valence-electron chi connectivity index (χ4n) is 2.70. The number of thioether (sulfide) groups is 1. The number of aliphatic imine (C=N–C) groups is 1. The summed E-state index contributed by atoms with van der Waals surface area (Å²) in [5, 5.41) is 34.3. The van der Waals surface area contributed by atoms with Crippen molar-refractivity contribution in [3.8, 4) is 0 Å². The first-order valence-electron chi connectivity index (χ1n) is 10.7. The Morgan fingerprint density at radius 3 is 1.97 bits per heavy atom. The Morgan fingerprint density at radius 2 is 1.46 bits per heavy atom. The van der Waals surface area contributed by atoms with Gasteiger partial charge in [-0.3, -0.25) is 24.2 Å². The highest BCUT2D eigenvalue weighted by Crippen LogP contribution is 2.05. The van der Waals surface area contributed by atoms with E-state index in [-0.39, 0.29) is 25.3 Å². The van der Waals surface area contributed by atoms with Gasteiger partial charge in [0.1, 0.15) is 18.1 Å². The molecule has 0 heterocycles. The van der Waals surface area contributed by atoms with Crippen LogP contribution in [0.5, 0.6) is 0 Å². The molecular weight excluding hydrogens is 486 g/mol. The Hall–Kier alpha value is -3.11. The third-order valence-electron chi connectivity index (χ3n) is 4.63. The maximum atomic E-state index is 12.7. The van der Waals surface area contributed by atoms with Crippen LogP contribution >= 0.6 is 11.8 Å². The number of nitrogens with two attached hydrogens (primary N) is 3. The first-order chi connectivity index (χ1) is 16.4. The summed E-state index contributed by atoms with van der Waals surface area (Å²) < 4.78 is 0. The third kappa shape index (κ3) is 14.0. The summed E-state index contributed by atoms with van der Waals surface area (Å²) in [6, 6.07) is -5.09. The monoisotopic (exact) mass is 521 g/mol. The molecule has 0 aliphatic heterocycles. The molecule has 0 saturated heterocycles. The number of carbonyl (C=O) groups excluding carboxylic acids is 3. The van der Waals surface area contributed by atoms with Gasteiger partial charge >= 0.3 is 11.9 Å². The van der Waals surface area contributed by atoms with E-state index in [4.69, 9.17) is 22.3 Å². The zero-order valence-electron chi connectivity index (χ0n) is 19.4. The predicted octanol–water partition coefficient (Wildman–Crippen LogP) is -3.48. The first-order valence-corrected chi connectivity index (χ1v) is 12.1. The minimum atomic E-state index is -1.53. The second kappa shape index (κ2) is 17.3. The van der Waals surface area contributed by atoms with Crippen molar-refractivity contribution in [1.29, 1.82) is 0 Å². The molecule has 0 spiro atoms. The lowest BCUT2D eigenvalue weighted by Crippen LogP contribution is -2.58. The van der Waals surface area contributed by atoms with E-state index in [0.29, 0.717) is 12.2 Å². The Morgan fingerprint density at radius 1 is 0.886 bits per heavy atom. The van der Waals surface area contributed by atoms with E-state index in [1.165, 1.54) is 11.8 Å². The van der Waals surface area contributed by atoms with Crippen molar-refractivity contribution in [2.24, 2.45) is 22.2 Å². The van der Waals surface area contributed by atoms with E-state index in [9.17, 15) is 34.2 Å². The molecule has 0 aromatic heterocycles. The van der Waals surface area contributed by atoms with Gasteiger partial charge in [0.05, 0.1) is 12.6 Å². The van der Waals surface area contributed by atoms with Gasteiger partial charge in [-0.05, 0) is 37.7 Å².